The van der Waals surface area contributed by atoms with E-state index in [0.29, 0.717) is 12.3 Å². The van der Waals surface area contributed by atoms with Crippen LogP contribution in [0.5, 0.6) is 17.2 Å². The van der Waals surface area contributed by atoms with Gasteiger partial charge in [0.2, 0.25) is 0 Å². The van der Waals surface area contributed by atoms with Crippen LogP contribution in [0, 0.1) is 0 Å². The fraction of sp³-hybridized carbons (Fsp3) is 0.400. The quantitative estimate of drug-likeness (QED) is 0.660. The summed E-state index contributed by atoms with van der Waals surface area (Å²) in [5.74, 6) is 2.33. The van der Waals surface area contributed by atoms with Gasteiger partial charge >= 0.3 is 0 Å². The molecule has 4 nitrogen and oxygen atoms in total. The smallest absolute Gasteiger partial charge is 0.161 e. The molecule has 0 aliphatic heterocycles. The Bertz CT molecular complexity index is 703. The highest BCUT2D eigenvalue weighted by atomic mass is 79.9. The summed E-state index contributed by atoms with van der Waals surface area (Å²) in [5, 5.41) is 3.54. The minimum Gasteiger partial charge on any atom is -0.493 e. The first-order valence-electron chi connectivity index (χ1n) is 8.35. The van der Waals surface area contributed by atoms with Crippen LogP contribution in [0.1, 0.15) is 37.9 Å². The van der Waals surface area contributed by atoms with Crippen molar-refractivity contribution in [3.8, 4) is 17.2 Å². The van der Waals surface area contributed by atoms with Gasteiger partial charge in [-0.3, -0.25) is 0 Å². The first-order chi connectivity index (χ1) is 11.9. The molecule has 2 rings (SSSR count). The minimum absolute atomic E-state index is 0.168. The van der Waals surface area contributed by atoms with Crippen LogP contribution < -0.4 is 19.5 Å². The molecule has 136 valence electrons. The fourth-order valence-corrected chi connectivity index (χ4v) is 3.00. The van der Waals surface area contributed by atoms with Crippen molar-refractivity contribution in [2.75, 3.05) is 14.2 Å². The van der Waals surface area contributed by atoms with E-state index in [2.05, 4.69) is 40.3 Å². The number of methoxy groups -OCH3 is 2. The molecule has 0 aromatic heterocycles. The third-order valence-electron chi connectivity index (χ3n) is 3.88. The highest BCUT2D eigenvalue weighted by molar-refractivity contribution is 9.10. The number of hydrogen-bond acceptors (Lipinski definition) is 4. The Morgan fingerprint density at radius 3 is 2.32 bits per heavy atom. The van der Waals surface area contributed by atoms with Crippen LogP contribution in [0.2, 0.25) is 0 Å². The average molecular weight is 408 g/mol. The Kier molecular flexibility index (Phi) is 7.14. The standard InChI is InChI=1S/C20H26BrNO3/c1-13(2)25-17-8-6-7-15(9-17)14(3)22-12-16-10-19(23-4)20(24-5)11-18(16)21/h6-11,13-14,22H,12H2,1-5H3. The number of halogens is 1. The first-order valence-corrected chi connectivity index (χ1v) is 9.14. The first kappa shape index (κ1) is 19.6. The molecule has 1 N–H and O–H groups in total. The summed E-state index contributed by atoms with van der Waals surface area (Å²) in [6.45, 7) is 6.91. The summed E-state index contributed by atoms with van der Waals surface area (Å²) in [4.78, 5) is 0. The lowest BCUT2D eigenvalue weighted by Crippen LogP contribution is -2.18. The van der Waals surface area contributed by atoms with Crippen LogP contribution >= 0.6 is 15.9 Å². The minimum atomic E-state index is 0.168. The molecule has 0 radical (unpaired) electrons. The Labute approximate surface area is 158 Å². The molecular formula is C20H26BrNO3. The Morgan fingerprint density at radius 1 is 1.00 bits per heavy atom. The van der Waals surface area contributed by atoms with Gasteiger partial charge in [0.1, 0.15) is 5.75 Å². The number of ether oxygens (including phenoxy) is 3. The van der Waals surface area contributed by atoms with Gasteiger partial charge in [0.15, 0.2) is 11.5 Å². The van der Waals surface area contributed by atoms with Gasteiger partial charge in [0.25, 0.3) is 0 Å². The Hall–Kier alpha value is -1.72. The molecule has 0 saturated carbocycles. The largest absolute Gasteiger partial charge is 0.493 e. The lowest BCUT2D eigenvalue weighted by Gasteiger charge is -2.18. The Morgan fingerprint density at radius 2 is 1.68 bits per heavy atom. The zero-order chi connectivity index (χ0) is 18.4. The monoisotopic (exact) mass is 407 g/mol. The maximum atomic E-state index is 5.78. The van der Waals surface area contributed by atoms with Crippen LogP contribution in [0.3, 0.4) is 0 Å². The van der Waals surface area contributed by atoms with Crippen molar-refractivity contribution in [2.45, 2.75) is 39.5 Å². The molecule has 0 saturated heterocycles. The molecule has 25 heavy (non-hydrogen) atoms. The third-order valence-corrected chi connectivity index (χ3v) is 4.62. The molecule has 1 unspecified atom stereocenters. The molecule has 0 bridgehead atoms. The second kappa shape index (κ2) is 9.11. The second-order valence-corrected chi connectivity index (χ2v) is 6.99. The maximum absolute atomic E-state index is 5.78. The SMILES string of the molecule is COc1cc(Br)c(CNC(C)c2cccc(OC(C)C)c2)cc1OC. The molecule has 0 aliphatic rings. The van der Waals surface area contributed by atoms with E-state index in [4.69, 9.17) is 14.2 Å². The van der Waals surface area contributed by atoms with E-state index in [1.165, 1.54) is 5.56 Å². The number of hydrogen-bond donors (Lipinski definition) is 1. The van der Waals surface area contributed by atoms with Gasteiger partial charge in [-0.1, -0.05) is 28.1 Å². The topological polar surface area (TPSA) is 39.7 Å². The van der Waals surface area contributed by atoms with E-state index in [1.54, 1.807) is 14.2 Å². The lowest BCUT2D eigenvalue weighted by molar-refractivity contribution is 0.242. The molecule has 2 aromatic rings. The summed E-state index contributed by atoms with van der Waals surface area (Å²) in [5.41, 5.74) is 2.30. The van der Waals surface area contributed by atoms with Gasteiger partial charge in [-0.2, -0.15) is 0 Å². The second-order valence-electron chi connectivity index (χ2n) is 6.14. The van der Waals surface area contributed by atoms with Gasteiger partial charge in [-0.25, -0.2) is 0 Å². The van der Waals surface area contributed by atoms with Crippen molar-refractivity contribution in [2.24, 2.45) is 0 Å². The van der Waals surface area contributed by atoms with Gasteiger partial charge in [-0.05, 0) is 56.2 Å². The van der Waals surface area contributed by atoms with Gasteiger partial charge in [-0.15, -0.1) is 0 Å². The van der Waals surface area contributed by atoms with E-state index in [1.807, 2.05) is 38.1 Å². The van der Waals surface area contributed by atoms with Crippen LogP contribution in [0.25, 0.3) is 0 Å². The third kappa shape index (κ3) is 5.38. The van der Waals surface area contributed by atoms with Crippen LogP contribution in [0.15, 0.2) is 40.9 Å². The molecule has 0 amide bonds. The number of benzene rings is 2. The van der Waals surface area contributed by atoms with E-state index in [-0.39, 0.29) is 12.1 Å². The van der Waals surface area contributed by atoms with Crippen molar-refractivity contribution >= 4 is 15.9 Å². The van der Waals surface area contributed by atoms with Crippen LogP contribution in [0.4, 0.5) is 0 Å². The van der Waals surface area contributed by atoms with E-state index >= 15 is 0 Å². The maximum Gasteiger partial charge on any atom is 0.161 e. The molecular weight excluding hydrogens is 382 g/mol. The lowest BCUT2D eigenvalue weighted by atomic mass is 10.1. The van der Waals surface area contributed by atoms with Crippen LogP contribution in [-0.4, -0.2) is 20.3 Å². The van der Waals surface area contributed by atoms with E-state index in [0.717, 1.165) is 21.5 Å². The number of nitrogens with one attached hydrogen (secondary N) is 1. The fourth-order valence-electron chi connectivity index (χ4n) is 2.54. The van der Waals surface area contributed by atoms with Crippen molar-refractivity contribution in [1.29, 1.82) is 0 Å². The van der Waals surface area contributed by atoms with Crippen molar-refractivity contribution in [1.82, 2.24) is 5.32 Å². The van der Waals surface area contributed by atoms with Crippen LogP contribution in [-0.2, 0) is 6.54 Å². The van der Waals surface area contributed by atoms with Crippen molar-refractivity contribution in [3.63, 3.8) is 0 Å². The molecule has 0 heterocycles. The average Bonchev–Trinajstić information content (AvgIpc) is 2.59. The molecule has 1 atom stereocenters. The summed E-state index contributed by atoms with van der Waals surface area (Å²) >= 11 is 3.60. The van der Waals surface area contributed by atoms with Crippen molar-refractivity contribution in [3.05, 3.63) is 52.0 Å². The molecule has 5 heteroatoms. The summed E-state index contributed by atoms with van der Waals surface area (Å²) in [7, 11) is 3.28. The summed E-state index contributed by atoms with van der Waals surface area (Å²) in [6, 6.07) is 12.3. The normalized spacial score (nSPS) is 12.1. The number of rotatable bonds is 8. The zero-order valence-corrected chi connectivity index (χ0v) is 17.0. The molecule has 0 aliphatic carbocycles. The predicted molar refractivity (Wildman–Crippen MR) is 105 cm³/mol. The van der Waals surface area contributed by atoms with E-state index in [9.17, 15) is 0 Å². The Balaban J connectivity index is 2.08. The summed E-state index contributed by atoms with van der Waals surface area (Å²) < 4.78 is 17.5. The molecule has 0 fully saturated rings. The predicted octanol–water partition coefficient (Wildman–Crippen LogP) is 5.10. The van der Waals surface area contributed by atoms with E-state index < -0.39 is 0 Å². The highest BCUT2D eigenvalue weighted by Gasteiger charge is 2.12. The van der Waals surface area contributed by atoms with Gasteiger partial charge < -0.3 is 19.5 Å². The zero-order valence-electron chi connectivity index (χ0n) is 15.4. The molecule has 2 aromatic carbocycles. The summed E-state index contributed by atoms with van der Waals surface area (Å²) in [6.07, 6.45) is 0.168. The van der Waals surface area contributed by atoms with Gasteiger partial charge in [0.05, 0.1) is 20.3 Å². The highest BCUT2D eigenvalue weighted by Crippen LogP contribution is 2.33. The van der Waals surface area contributed by atoms with Crippen molar-refractivity contribution < 1.29 is 14.2 Å². The molecule has 0 spiro atoms. The van der Waals surface area contributed by atoms with Gasteiger partial charge in [0, 0.05) is 17.1 Å².